The van der Waals surface area contributed by atoms with Gasteiger partial charge in [0.15, 0.2) is 5.11 Å². The maximum Gasteiger partial charge on any atom is 0.255 e. The van der Waals surface area contributed by atoms with Gasteiger partial charge in [-0.1, -0.05) is 30.3 Å². The highest BCUT2D eigenvalue weighted by Gasteiger charge is 2.21. The van der Waals surface area contributed by atoms with Crippen molar-refractivity contribution in [3.63, 3.8) is 0 Å². The predicted molar refractivity (Wildman–Crippen MR) is 118 cm³/mol. The van der Waals surface area contributed by atoms with E-state index in [1.54, 1.807) is 25.3 Å². The molecule has 0 spiro atoms. The Hall–Kier alpha value is -3.19. The number of amides is 2. The highest BCUT2D eigenvalue weighted by atomic mass is 32.1. The normalized spacial score (nSPS) is 13.3. The number of ether oxygens (including phenoxy) is 1. The number of methoxy groups -OCH3 is 1. The number of anilines is 1. The first-order chi connectivity index (χ1) is 14.1. The summed E-state index contributed by atoms with van der Waals surface area (Å²) in [4.78, 5) is 26.8. The summed E-state index contributed by atoms with van der Waals surface area (Å²) in [5.74, 6) is 0.263. The molecular formula is C22H23N3O3S. The molecule has 2 amide bonds. The summed E-state index contributed by atoms with van der Waals surface area (Å²) in [5.41, 5.74) is 1.89. The third kappa shape index (κ3) is 5.42. The zero-order valence-corrected chi connectivity index (χ0v) is 17.0. The Kier molecular flexibility index (Phi) is 6.97. The van der Waals surface area contributed by atoms with Crippen LogP contribution >= 0.6 is 12.2 Å². The van der Waals surface area contributed by atoms with Gasteiger partial charge in [-0.3, -0.25) is 14.9 Å². The Balaban J connectivity index is 1.63. The number of thiocarbonyl (C=S) groups is 1. The Bertz CT molecular complexity index is 936. The van der Waals surface area contributed by atoms with E-state index in [0.29, 0.717) is 17.0 Å². The first kappa shape index (κ1) is 20.5. The number of carbonyl (C=O) groups is 2. The SMILES string of the molecule is COc1ccccc1/C=C/C(=O)NC(=S)Nc1ccccc1C(=O)N1CCCC1. The number of carbonyl (C=O) groups excluding carboxylic acids is 2. The molecule has 0 aliphatic carbocycles. The molecule has 0 atom stereocenters. The molecule has 7 heteroatoms. The number of rotatable bonds is 5. The molecule has 6 nitrogen and oxygen atoms in total. The predicted octanol–water partition coefficient (Wildman–Crippen LogP) is 3.46. The van der Waals surface area contributed by atoms with Crippen LogP contribution in [0.3, 0.4) is 0 Å². The molecule has 0 saturated carbocycles. The van der Waals surface area contributed by atoms with Gasteiger partial charge >= 0.3 is 0 Å². The van der Waals surface area contributed by atoms with Crippen LogP contribution < -0.4 is 15.4 Å². The summed E-state index contributed by atoms with van der Waals surface area (Å²) in [6.45, 7) is 1.53. The van der Waals surface area contributed by atoms with Crippen LogP contribution in [0.4, 0.5) is 5.69 Å². The molecule has 2 N–H and O–H groups in total. The third-order valence-corrected chi connectivity index (χ3v) is 4.79. The minimum absolute atomic E-state index is 0.0317. The van der Waals surface area contributed by atoms with E-state index in [0.717, 1.165) is 31.5 Å². The van der Waals surface area contributed by atoms with E-state index in [1.165, 1.54) is 6.08 Å². The molecule has 1 saturated heterocycles. The van der Waals surface area contributed by atoms with Crippen LogP contribution in [0.2, 0.25) is 0 Å². The Labute approximate surface area is 175 Å². The Morgan fingerprint density at radius 1 is 1.07 bits per heavy atom. The summed E-state index contributed by atoms with van der Waals surface area (Å²) in [7, 11) is 1.58. The van der Waals surface area contributed by atoms with Crippen molar-refractivity contribution in [2.24, 2.45) is 0 Å². The summed E-state index contributed by atoms with van der Waals surface area (Å²) >= 11 is 5.25. The molecular weight excluding hydrogens is 386 g/mol. The van der Waals surface area contributed by atoms with Crippen LogP contribution in [0.25, 0.3) is 6.08 Å². The monoisotopic (exact) mass is 409 g/mol. The quantitative estimate of drug-likeness (QED) is 0.585. The van der Waals surface area contributed by atoms with Gasteiger partial charge in [0, 0.05) is 24.7 Å². The van der Waals surface area contributed by atoms with Crippen molar-refractivity contribution in [3.8, 4) is 5.75 Å². The van der Waals surface area contributed by atoms with Gasteiger partial charge in [-0.05, 0) is 49.3 Å². The van der Waals surface area contributed by atoms with Gasteiger partial charge in [-0.15, -0.1) is 0 Å². The number of likely N-dealkylation sites (tertiary alicyclic amines) is 1. The van der Waals surface area contributed by atoms with E-state index in [1.807, 2.05) is 41.3 Å². The summed E-state index contributed by atoms with van der Waals surface area (Å²) in [6.07, 6.45) is 5.08. The van der Waals surface area contributed by atoms with Crippen molar-refractivity contribution in [2.75, 3.05) is 25.5 Å². The van der Waals surface area contributed by atoms with E-state index in [4.69, 9.17) is 17.0 Å². The number of nitrogens with zero attached hydrogens (tertiary/aromatic N) is 1. The van der Waals surface area contributed by atoms with Crippen molar-refractivity contribution >= 4 is 40.9 Å². The van der Waals surface area contributed by atoms with Gasteiger partial charge in [-0.2, -0.15) is 0 Å². The molecule has 0 unspecified atom stereocenters. The molecule has 1 heterocycles. The van der Waals surface area contributed by atoms with Gasteiger partial charge in [0.05, 0.1) is 18.4 Å². The number of nitrogens with one attached hydrogen (secondary N) is 2. The molecule has 1 aliphatic heterocycles. The average Bonchev–Trinajstić information content (AvgIpc) is 3.27. The van der Waals surface area contributed by atoms with E-state index >= 15 is 0 Å². The van der Waals surface area contributed by atoms with Crippen LogP contribution in [0.1, 0.15) is 28.8 Å². The number of para-hydroxylation sites is 2. The highest BCUT2D eigenvalue weighted by Crippen LogP contribution is 2.20. The van der Waals surface area contributed by atoms with Crippen LogP contribution in [0.5, 0.6) is 5.75 Å². The minimum Gasteiger partial charge on any atom is -0.496 e. The lowest BCUT2D eigenvalue weighted by Crippen LogP contribution is -2.34. The van der Waals surface area contributed by atoms with Gasteiger partial charge < -0.3 is 15.0 Å². The van der Waals surface area contributed by atoms with Gasteiger partial charge in [0.25, 0.3) is 5.91 Å². The van der Waals surface area contributed by atoms with Crippen LogP contribution in [-0.4, -0.2) is 42.0 Å². The molecule has 0 aromatic heterocycles. The second-order valence-corrected chi connectivity index (χ2v) is 6.97. The highest BCUT2D eigenvalue weighted by molar-refractivity contribution is 7.80. The molecule has 2 aromatic rings. The van der Waals surface area contributed by atoms with E-state index in [-0.39, 0.29) is 16.9 Å². The zero-order chi connectivity index (χ0) is 20.6. The molecule has 2 aromatic carbocycles. The maximum atomic E-state index is 12.7. The standard InChI is InChI=1S/C22H23N3O3S/c1-28-19-11-5-2-8-16(19)12-13-20(26)24-22(29)23-18-10-4-3-9-17(18)21(27)25-14-6-7-15-25/h2-5,8-13H,6-7,14-15H2,1H3,(H2,23,24,26,29)/b13-12+. The topological polar surface area (TPSA) is 70.7 Å². The molecule has 3 rings (SSSR count). The second kappa shape index (κ2) is 9.84. The molecule has 29 heavy (non-hydrogen) atoms. The van der Waals surface area contributed by atoms with E-state index < -0.39 is 0 Å². The summed E-state index contributed by atoms with van der Waals surface area (Å²) in [6, 6.07) is 14.5. The Morgan fingerprint density at radius 3 is 2.52 bits per heavy atom. The van der Waals surface area contributed by atoms with Crippen LogP contribution in [0, 0.1) is 0 Å². The fraction of sp³-hybridized carbons (Fsp3) is 0.227. The first-order valence-corrected chi connectivity index (χ1v) is 9.80. The number of benzene rings is 2. The fourth-order valence-corrected chi connectivity index (χ4v) is 3.36. The van der Waals surface area contributed by atoms with Crippen LogP contribution in [0.15, 0.2) is 54.6 Å². The second-order valence-electron chi connectivity index (χ2n) is 6.56. The largest absolute Gasteiger partial charge is 0.496 e. The zero-order valence-electron chi connectivity index (χ0n) is 16.2. The molecule has 1 fully saturated rings. The van der Waals surface area contributed by atoms with E-state index in [2.05, 4.69) is 10.6 Å². The number of hydrogen-bond donors (Lipinski definition) is 2. The smallest absolute Gasteiger partial charge is 0.255 e. The fourth-order valence-electron chi connectivity index (χ4n) is 3.15. The first-order valence-electron chi connectivity index (χ1n) is 9.40. The lowest BCUT2D eigenvalue weighted by molar-refractivity contribution is -0.115. The maximum absolute atomic E-state index is 12.7. The summed E-state index contributed by atoms with van der Waals surface area (Å²) in [5, 5.41) is 5.69. The molecule has 150 valence electrons. The lowest BCUT2D eigenvalue weighted by Gasteiger charge is -2.18. The Morgan fingerprint density at radius 2 is 1.76 bits per heavy atom. The lowest BCUT2D eigenvalue weighted by atomic mass is 10.1. The van der Waals surface area contributed by atoms with Gasteiger partial charge in [-0.25, -0.2) is 0 Å². The summed E-state index contributed by atoms with van der Waals surface area (Å²) < 4.78 is 5.26. The van der Waals surface area contributed by atoms with Crippen molar-refractivity contribution in [3.05, 3.63) is 65.7 Å². The van der Waals surface area contributed by atoms with Crippen molar-refractivity contribution < 1.29 is 14.3 Å². The van der Waals surface area contributed by atoms with Crippen molar-refractivity contribution in [1.82, 2.24) is 10.2 Å². The average molecular weight is 410 g/mol. The minimum atomic E-state index is -0.378. The van der Waals surface area contributed by atoms with Gasteiger partial charge in [0.2, 0.25) is 5.91 Å². The number of hydrogen-bond acceptors (Lipinski definition) is 4. The molecule has 1 aliphatic rings. The molecule has 0 radical (unpaired) electrons. The van der Waals surface area contributed by atoms with Crippen LogP contribution in [-0.2, 0) is 4.79 Å². The molecule has 0 bridgehead atoms. The van der Waals surface area contributed by atoms with Crippen molar-refractivity contribution in [1.29, 1.82) is 0 Å². The van der Waals surface area contributed by atoms with E-state index in [9.17, 15) is 9.59 Å². The van der Waals surface area contributed by atoms with Gasteiger partial charge in [0.1, 0.15) is 5.75 Å². The third-order valence-electron chi connectivity index (χ3n) is 4.59. The van der Waals surface area contributed by atoms with Crippen molar-refractivity contribution in [2.45, 2.75) is 12.8 Å².